The van der Waals surface area contributed by atoms with Crippen LogP contribution in [0.2, 0.25) is 0 Å². The third-order valence-corrected chi connectivity index (χ3v) is 4.59. The van der Waals surface area contributed by atoms with Gasteiger partial charge in [-0.3, -0.25) is 4.79 Å². The van der Waals surface area contributed by atoms with Gasteiger partial charge >= 0.3 is 12.4 Å². The van der Waals surface area contributed by atoms with E-state index in [4.69, 9.17) is 4.74 Å². The van der Waals surface area contributed by atoms with Crippen LogP contribution in [0.25, 0.3) is 0 Å². The van der Waals surface area contributed by atoms with Gasteiger partial charge < -0.3 is 4.74 Å². The summed E-state index contributed by atoms with van der Waals surface area (Å²) in [5.41, 5.74) is -5.74. The molecule has 0 spiro atoms. The Morgan fingerprint density at radius 2 is 1.44 bits per heavy atom. The van der Waals surface area contributed by atoms with Crippen molar-refractivity contribution in [3.63, 3.8) is 0 Å². The van der Waals surface area contributed by atoms with Gasteiger partial charge in [0.25, 0.3) is 0 Å². The molecule has 0 radical (unpaired) electrons. The molecule has 0 saturated carbocycles. The third kappa shape index (κ3) is 5.45. The first kappa shape index (κ1) is 21.2. The molecule has 27 heavy (non-hydrogen) atoms. The summed E-state index contributed by atoms with van der Waals surface area (Å²) in [7, 11) is -0.889. The predicted molar refractivity (Wildman–Crippen MR) is 91.0 cm³/mol. The number of ether oxygens (including phenoxy) is 1. The smallest absolute Gasteiger partial charge is 0.417 e. The van der Waals surface area contributed by atoms with Gasteiger partial charge in [0.15, 0.2) is 5.52 Å². The third-order valence-electron chi connectivity index (χ3n) is 3.49. The number of hydrogen-bond donors (Lipinski definition) is 0. The molecule has 9 heteroatoms. The minimum Gasteiger partial charge on any atom is -0.494 e. The summed E-state index contributed by atoms with van der Waals surface area (Å²) in [6, 6.07) is 7.54. The SMILES string of the molecule is CCCOc1ccc(PC(=O)c2c(C(F)(F)F)cccc2C(F)(F)F)cc1. The molecule has 146 valence electrons. The summed E-state index contributed by atoms with van der Waals surface area (Å²) in [5.74, 6) is 0.504. The van der Waals surface area contributed by atoms with Gasteiger partial charge in [-0.05, 0) is 44.6 Å². The lowest BCUT2D eigenvalue weighted by Gasteiger charge is -2.17. The highest BCUT2D eigenvalue weighted by molar-refractivity contribution is 7.66. The van der Waals surface area contributed by atoms with E-state index in [1.165, 1.54) is 24.3 Å². The van der Waals surface area contributed by atoms with Crippen LogP contribution in [0.5, 0.6) is 5.75 Å². The maximum atomic E-state index is 13.2. The fourth-order valence-corrected chi connectivity index (χ4v) is 3.31. The molecule has 0 aromatic heterocycles. The molecule has 2 aromatic carbocycles. The molecular weight excluding hydrogens is 393 g/mol. The van der Waals surface area contributed by atoms with E-state index in [1.54, 1.807) is 0 Å². The number of hydrogen-bond acceptors (Lipinski definition) is 2. The first-order chi connectivity index (χ1) is 12.5. The normalized spacial score (nSPS) is 12.6. The maximum absolute atomic E-state index is 13.2. The zero-order chi connectivity index (χ0) is 20.2. The molecule has 1 unspecified atom stereocenters. The second-order valence-corrected chi connectivity index (χ2v) is 6.83. The van der Waals surface area contributed by atoms with Crippen molar-refractivity contribution in [2.24, 2.45) is 0 Å². The predicted octanol–water partition coefficient (Wildman–Crippen LogP) is 5.66. The topological polar surface area (TPSA) is 26.3 Å². The minimum atomic E-state index is -5.07. The Labute approximate surface area is 153 Å². The fraction of sp³-hybridized carbons (Fsp3) is 0.278. The quantitative estimate of drug-likeness (QED) is 0.456. The maximum Gasteiger partial charge on any atom is 0.417 e. The van der Waals surface area contributed by atoms with E-state index in [-0.39, 0.29) is 0 Å². The lowest BCUT2D eigenvalue weighted by molar-refractivity contribution is -0.143. The molecule has 0 fully saturated rings. The minimum absolute atomic E-state index is 0.314. The highest BCUT2D eigenvalue weighted by Gasteiger charge is 2.42. The van der Waals surface area contributed by atoms with Crippen LogP contribution in [0.4, 0.5) is 26.3 Å². The zero-order valence-electron chi connectivity index (χ0n) is 14.0. The zero-order valence-corrected chi connectivity index (χ0v) is 15.0. The van der Waals surface area contributed by atoms with Crippen molar-refractivity contribution in [3.8, 4) is 5.75 Å². The van der Waals surface area contributed by atoms with E-state index < -0.39 is 43.1 Å². The van der Waals surface area contributed by atoms with E-state index >= 15 is 0 Å². The molecule has 0 saturated heterocycles. The van der Waals surface area contributed by atoms with Gasteiger partial charge in [-0.1, -0.05) is 25.1 Å². The lowest BCUT2D eigenvalue weighted by Crippen LogP contribution is -2.19. The van der Waals surface area contributed by atoms with E-state index in [1.807, 2.05) is 6.92 Å². The van der Waals surface area contributed by atoms with Gasteiger partial charge in [0.2, 0.25) is 0 Å². The Morgan fingerprint density at radius 1 is 0.926 bits per heavy atom. The summed E-state index contributed by atoms with van der Waals surface area (Å²) in [6.45, 7) is 2.37. The number of benzene rings is 2. The first-order valence-electron chi connectivity index (χ1n) is 7.85. The van der Waals surface area contributed by atoms with Crippen LogP contribution in [-0.4, -0.2) is 12.1 Å². The van der Waals surface area contributed by atoms with Crippen molar-refractivity contribution in [2.75, 3.05) is 6.61 Å². The molecule has 0 aliphatic carbocycles. The van der Waals surface area contributed by atoms with E-state index in [0.717, 1.165) is 6.42 Å². The Balaban J connectivity index is 2.37. The van der Waals surface area contributed by atoms with Gasteiger partial charge in [-0.15, -0.1) is 0 Å². The van der Waals surface area contributed by atoms with E-state index in [2.05, 4.69) is 0 Å². The molecule has 2 rings (SSSR count). The monoisotopic (exact) mass is 408 g/mol. The Kier molecular flexibility index (Phi) is 6.52. The molecule has 0 bridgehead atoms. The number of carbonyl (C=O) groups excluding carboxylic acids is 1. The Morgan fingerprint density at radius 3 is 1.89 bits per heavy atom. The van der Waals surface area contributed by atoms with Gasteiger partial charge in [0.1, 0.15) is 5.75 Å². The molecule has 1 atom stereocenters. The summed E-state index contributed by atoms with van der Waals surface area (Å²) >= 11 is 0. The number of rotatable bonds is 6. The number of carbonyl (C=O) groups is 1. The highest BCUT2D eigenvalue weighted by atomic mass is 31.1. The summed E-state index contributed by atoms with van der Waals surface area (Å²) in [5, 5.41) is 0.314. The molecule has 0 aliphatic rings. The second kappa shape index (κ2) is 8.30. The van der Waals surface area contributed by atoms with Gasteiger partial charge in [-0.2, -0.15) is 26.3 Å². The van der Waals surface area contributed by atoms with Crippen LogP contribution in [0.15, 0.2) is 42.5 Å². The summed E-state index contributed by atoms with van der Waals surface area (Å²) in [6.07, 6.45) is -9.38. The summed E-state index contributed by atoms with van der Waals surface area (Å²) < 4.78 is 84.3. The van der Waals surface area contributed by atoms with Gasteiger partial charge in [0.05, 0.1) is 17.7 Å². The van der Waals surface area contributed by atoms with Crippen LogP contribution < -0.4 is 10.0 Å². The van der Waals surface area contributed by atoms with Gasteiger partial charge in [0, 0.05) is 5.56 Å². The lowest BCUT2D eigenvalue weighted by atomic mass is 10.0. The second-order valence-electron chi connectivity index (χ2n) is 5.55. The molecule has 0 amide bonds. The van der Waals surface area contributed by atoms with Crippen molar-refractivity contribution >= 4 is 19.4 Å². The van der Waals surface area contributed by atoms with Crippen molar-refractivity contribution in [2.45, 2.75) is 25.7 Å². The van der Waals surface area contributed by atoms with Gasteiger partial charge in [-0.25, -0.2) is 0 Å². The number of alkyl halides is 6. The first-order valence-corrected chi connectivity index (χ1v) is 8.85. The Hall–Kier alpha value is -2.08. The molecule has 0 N–H and O–H groups in total. The van der Waals surface area contributed by atoms with Crippen LogP contribution in [0.1, 0.15) is 34.8 Å². The Bertz CT molecular complexity index is 765. The largest absolute Gasteiger partial charge is 0.494 e. The molecule has 2 aromatic rings. The standard InChI is InChI=1S/C18H15F6O2P/c1-2-10-26-11-6-8-12(9-7-11)27-16(25)15-13(17(19,20)21)4-3-5-14(15)18(22,23)24/h3-9,27H,2,10H2,1H3. The van der Waals surface area contributed by atoms with Crippen LogP contribution in [-0.2, 0) is 12.4 Å². The highest BCUT2D eigenvalue weighted by Crippen LogP contribution is 2.41. The van der Waals surface area contributed by atoms with Crippen LogP contribution in [0, 0.1) is 0 Å². The van der Waals surface area contributed by atoms with Crippen molar-refractivity contribution in [3.05, 3.63) is 59.2 Å². The molecule has 0 aliphatic heterocycles. The average Bonchev–Trinajstić information content (AvgIpc) is 2.59. The molecule has 0 heterocycles. The number of halogens is 6. The average molecular weight is 408 g/mol. The van der Waals surface area contributed by atoms with Crippen LogP contribution >= 0.6 is 8.58 Å². The summed E-state index contributed by atoms with van der Waals surface area (Å²) in [4.78, 5) is 12.4. The molecule has 2 nitrogen and oxygen atoms in total. The van der Waals surface area contributed by atoms with Crippen LogP contribution in [0.3, 0.4) is 0 Å². The van der Waals surface area contributed by atoms with Crippen molar-refractivity contribution in [1.29, 1.82) is 0 Å². The van der Waals surface area contributed by atoms with E-state index in [0.29, 0.717) is 35.9 Å². The molecular formula is C18H15F6O2P. The van der Waals surface area contributed by atoms with E-state index in [9.17, 15) is 31.1 Å². The fourth-order valence-electron chi connectivity index (χ4n) is 2.32. The van der Waals surface area contributed by atoms with Crippen molar-refractivity contribution in [1.82, 2.24) is 0 Å². The van der Waals surface area contributed by atoms with Crippen molar-refractivity contribution < 1.29 is 35.9 Å².